The number of hydrogen-bond donors (Lipinski definition) is 0. The first-order chi connectivity index (χ1) is 15.6. The zero-order valence-corrected chi connectivity index (χ0v) is 24.7. The minimum Gasteiger partial charge on any atom is -0.411 e. The molecule has 162 valence electrons. The minimum atomic E-state index is 0. The average molecular weight is 696 g/mol. The maximum absolute atomic E-state index is 5.12. The summed E-state index contributed by atoms with van der Waals surface area (Å²) in [5.74, 6) is 0. The Morgan fingerprint density at radius 1 is 0.424 bits per heavy atom. The summed E-state index contributed by atoms with van der Waals surface area (Å²) in [5.41, 5.74) is 3.98. The third-order valence-corrected chi connectivity index (χ3v) is 5.15. The second-order valence-electron chi connectivity index (χ2n) is 6.54. The smallest absolute Gasteiger partial charge is 0.411 e. The van der Waals surface area contributed by atoms with E-state index in [9.17, 15) is 0 Å². The van der Waals surface area contributed by atoms with E-state index >= 15 is 0 Å². The molecule has 4 aromatic rings. The molecule has 2 radical (unpaired) electrons. The summed E-state index contributed by atoms with van der Waals surface area (Å²) in [7, 11) is 0. The fraction of sp³-hybridized carbons (Fsp3) is 0. The first kappa shape index (κ1) is 27.3. The number of rotatable bonds is 4. The third kappa shape index (κ3) is 8.08. The minimum absolute atomic E-state index is 0. The monoisotopic (exact) mass is 696 g/mol. The molecule has 0 N–H and O–H groups in total. The van der Waals surface area contributed by atoms with Gasteiger partial charge < -0.3 is 59.5 Å². The van der Waals surface area contributed by atoms with Crippen molar-refractivity contribution < 1.29 is 0 Å². The van der Waals surface area contributed by atoms with E-state index in [4.69, 9.17) is 49.7 Å². The van der Waals surface area contributed by atoms with Gasteiger partial charge in [0.2, 0.25) is 0 Å². The summed E-state index contributed by atoms with van der Waals surface area (Å²) in [6.07, 6.45) is 0. The Morgan fingerprint density at radius 2 is 0.606 bits per heavy atom. The second-order valence-corrected chi connectivity index (χ2v) is 8.61. The van der Waals surface area contributed by atoms with Gasteiger partial charge in [-0.05, 0) is 48.5 Å². The number of nitrogens with zero attached hydrogens (tertiary/aromatic N) is 2. The van der Waals surface area contributed by atoms with Crippen molar-refractivity contribution in [2.75, 3.05) is 9.80 Å². The maximum Gasteiger partial charge on any atom is 2.00 e. The summed E-state index contributed by atoms with van der Waals surface area (Å²) < 4.78 is 0.856. The fourth-order valence-corrected chi connectivity index (χ4v) is 3.87. The van der Waals surface area contributed by atoms with Crippen molar-refractivity contribution in [1.82, 2.24) is 0 Å². The zero-order valence-electron chi connectivity index (χ0n) is 17.6. The number of benzene rings is 4. The first-order valence-corrected chi connectivity index (χ1v) is 11.4. The van der Waals surface area contributed by atoms with Gasteiger partial charge in [-0.15, -0.1) is 0 Å². The van der Waals surface area contributed by atoms with Crippen LogP contribution < -0.4 is 9.80 Å². The Morgan fingerprint density at radius 3 is 0.758 bits per heavy atom. The fourth-order valence-electron chi connectivity index (χ4n) is 3.03. The van der Waals surface area contributed by atoms with Gasteiger partial charge in [-0.1, -0.05) is 81.4 Å². The average Bonchev–Trinajstić information content (AvgIpc) is 2.82. The van der Waals surface area contributed by atoms with Crippen LogP contribution in [0.2, 0.25) is 0 Å². The van der Waals surface area contributed by atoms with Crippen LogP contribution in [-0.4, -0.2) is 35.9 Å². The van der Waals surface area contributed by atoms with Gasteiger partial charge >= 0.3 is 27.3 Å². The molecular formula is C26H20N2PbS4. The molecule has 0 spiro atoms. The summed E-state index contributed by atoms with van der Waals surface area (Å²) in [4.78, 5) is 3.76. The van der Waals surface area contributed by atoms with Crippen LogP contribution in [0, 0.1) is 0 Å². The SMILES string of the molecule is S=C([S-])N(c1ccccc1)c1ccccc1.S=C([S-])N(c1ccccc1)c1ccccc1.[Pb+2]. The number of para-hydroxylation sites is 4. The first-order valence-electron chi connectivity index (χ1n) is 9.80. The van der Waals surface area contributed by atoms with E-state index in [0.29, 0.717) is 8.64 Å². The molecule has 0 unspecified atom stereocenters. The van der Waals surface area contributed by atoms with E-state index < -0.39 is 0 Å². The summed E-state index contributed by atoms with van der Waals surface area (Å²) in [6.45, 7) is 0. The van der Waals surface area contributed by atoms with Crippen molar-refractivity contribution in [2.45, 2.75) is 0 Å². The Balaban J connectivity index is 0.000000227. The van der Waals surface area contributed by atoms with Gasteiger partial charge in [0.25, 0.3) is 0 Å². The van der Waals surface area contributed by atoms with Crippen molar-refractivity contribution in [1.29, 1.82) is 0 Å². The largest absolute Gasteiger partial charge is 2.00 e. The number of anilines is 4. The maximum atomic E-state index is 5.12. The van der Waals surface area contributed by atoms with Crippen LogP contribution in [-0.2, 0) is 25.3 Å². The second kappa shape index (κ2) is 14.3. The molecule has 0 aliphatic heterocycles. The van der Waals surface area contributed by atoms with Gasteiger partial charge in [0.05, 0.1) is 0 Å². The van der Waals surface area contributed by atoms with Crippen molar-refractivity contribution in [2.24, 2.45) is 0 Å². The van der Waals surface area contributed by atoms with Crippen LogP contribution >= 0.6 is 24.4 Å². The van der Waals surface area contributed by atoms with Gasteiger partial charge in [0.1, 0.15) is 0 Å². The van der Waals surface area contributed by atoms with E-state index in [-0.39, 0.29) is 27.3 Å². The van der Waals surface area contributed by atoms with E-state index in [1.807, 2.05) is 131 Å². The topological polar surface area (TPSA) is 6.48 Å². The zero-order chi connectivity index (χ0) is 22.8. The summed E-state index contributed by atoms with van der Waals surface area (Å²) in [5, 5.41) is 0. The number of thiocarbonyl (C=S) groups is 2. The molecule has 0 aliphatic carbocycles. The molecule has 0 aliphatic rings. The van der Waals surface area contributed by atoms with Crippen molar-refractivity contribution in [3.05, 3.63) is 121 Å². The summed E-state index contributed by atoms with van der Waals surface area (Å²) >= 11 is 20.5. The Hall–Kier alpha value is -1.98. The molecule has 4 rings (SSSR count). The molecule has 0 fully saturated rings. The van der Waals surface area contributed by atoms with Crippen LogP contribution in [0.25, 0.3) is 0 Å². The molecule has 0 aromatic heterocycles. The quantitative estimate of drug-likeness (QED) is 0.129. The Labute approximate surface area is 237 Å². The molecule has 33 heavy (non-hydrogen) atoms. The van der Waals surface area contributed by atoms with Gasteiger partial charge in [-0.2, -0.15) is 0 Å². The summed E-state index contributed by atoms with van der Waals surface area (Å²) in [6, 6.07) is 39.6. The molecule has 0 saturated heterocycles. The molecule has 4 aromatic carbocycles. The molecule has 0 bridgehead atoms. The van der Waals surface area contributed by atoms with Crippen LogP contribution in [0.3, 0.4) is 0 Å². The van der Waals surface area contributed by atoms with Gasteiger partial charge in [0.15, 0.2) is 0 Å². The Bertz CT molecular complexity index is 956. The third-order valence-electron chi connectivity index (χ3n) is 4.42. The molecule has 7 heteroatoms. The predicted octanol–water partition coefficient (Wildman–Crippen LogP) is 6.93. The standard InChI is InChI=1S/2C13H11NS2.Pb/c2*15-13(16)14(11-7-3-1-4-8-11)12-9-5-2-6-10-12;/h2*1-10H,(H,15,16);/q;;+2/p-2. The van der Waals surface area contributed by atoms with E-state index in [1.165, 1.54) is 0 Å². The molecule has 0 amide bonds. The van der Waals surface area contributed by atoms with Crippen molar-refractivity contribution in [3.63, 3.8) is 0 Å². The molecule has 0 atom stereocenters. The van der Waals surface area contributed by atoms with Crippen LogP contribution in [0.1, 0.15) is 0 Å². The molecule has 0 saturated carbocycles. The number of hydrogen-bond acceptors (Lipinski definition) is 4. The predicted molar refractivity (Wildman–Crippen MR) is 156 cm³/mol. The normalized spacial score (nSPS) is 9.45. The van der Waals surface area contributed by atoms with Crippen LogP contribution in [0.15, 0.2) is 121 Å². The van der Waals surface area contributed by atoms with Crippen molar-refractivity contribution in [3.8, 4) is 0 Å². The van der Waals surface area contributed by atoms with Gasteiger partial charge in [0, 0.05) is 22.7 Å². The molecule has 0 heterocycles. The molecular weight excluding hydrogens is 676 g/mol. The van der Waals surface area contributed by atoms with Crippen LogP contribution in [0.5, 0.6) is 0 Å². The van der Waals surface area contributed by atoms with Crippen molar-refractivity contribution >= 4 is 108 Å². The van der Waals surface area contributed by atoms with E-state index in [0.717, 1.165) is 22.7 Å². The Kier molecular flexibility index (Phi) is 11.8. The molecule has 2 nitrogen and oxygen atoms in total. The van der Waals surface area contributed by atoms with E-state index in [1.54, 1.807) is 0 Å². The van der Waals surface area contributed by atoms with E-state index in [2.05, 4.69) is 0 Å². The van der Waals surface area contributed by atoms with Gasteiger partial charge in [-0.3, -0.25) is 0 Å². The van der Waals surface area contributed by atoms with Gasteiger partial charge in [-0.25, -0.2) is 0 Å². The van der Waals surface area contributed by atoms with Crippen LogP contribution in [0.4, 0.5) is 22.7 Å².